The Bertz CT molecular complexity index is 249. The Kier molecular flexibility index (Phi) is 3.87. The van der Waals surface area contributed by atoms with Gasteiger partial charge in [0.1, 0.15) is 5.60 Å². The molecule has 3 nitrogen and oxygen atoms in total. The summed E-state index contributed by atoms with van der Waals surface area (Å²) in [6.07, 6.45) is 2.04. The van der Waals surface area contributed by atoms with E-state index in [0.29, 0.717) is 6.04 Å². The molecule has 1 saturated carbocycles. The highest BCUT2D eigenvalue weighted by molar-refractivity contribution is 5.68. The molecule has 0 unspecified atom stereocenters. The third-order valence-electron chi connectivity index (χ3n) is 3.32. The molecule has 0 heterocycles. The Hall–Kier alpha value is -0.730. The van der Waals surface area contributed by atoms with Crippen LogP contribution in [-0.2, 0) is 4.74 Å². The van der Waals surface area contributed by atoms with Crippen LogP contribution >= 0.6 is 0 Å². The fourth-order valence-electron chi connectivity index (χ4n) is 1.97. The van der Waals surface area contributed by atoms with E-state index < -0.39 is 5.60 Å². The van der Waals surface area contributed by atoms with Crippen LogP contribution in [0.3, 0.4) is 0 Å². The molecule has 1 rings (SSSR count). The van der Waals surface area contributed by atoms with Gasteiger partial charge in [0, 0.05) is 13.1 Å². The van der Waals surface area contributed by atoms with Crippen molar-refractivity contribution < 1.29 is 9.53 Å². The highest BCUT2D eigenvalue weighted by Crippen LogP contribution is 2.36. The fourth-order valence-corrected chi connectivity index (χ4v) is 1.97. The maximum Gasteiger partial charge on any atom is 0.410 e. The second-order valence-electron chi connectivity index (χ2n) is 6.22. The van der Waals surface area contributed by atoms with Gasteiger partial charge in [0.25, 0.3) is 0 Å². The van der Waals surface area contributed by atoms with Gasteiger partial charge in [-0.15, -0.1) is 0 Å². The molecule has 0 atom stereocenters. The van der Waals surface area contributed by atoms with Gasteiger partial charge in [-0.05, 0) is 45.4 Å². The summed E-state index contributed by atoms with van der Waals surface area (Å²) < 4.78 is 5.34. The average molecular weight is 227 g/mol. The molecule has 16 heavy (non-hydrogen) atoms. The van der Waals surface area contributed by atoms with Crippen molar-refractivity contribution in [2.75, 3.05) is 7.05 Å². The minimum absolute atomic E-state index is 0.195. The second-order valence-corrected chi connectivity index (χ2v) is 6.22. The second kappa shape index (κ2) is 4.64. The van der Waals surface area contributed by atoms with E-state index in [0.717, 1.165) is 24.7 Å². The number of rotatable bonds is 2. The van der Waals surface area contributed by atoms with Gasteiger partial charge in [-0.1, -0.05) is 13.8 Å². The first-order valence-corrected chi connectivity index (χ1v) is 6.16. The largest absolute Gasteiger partial charge is 0.444 e. The van der Waals surface area contributed by atoms with Gasteiger partial charge in [0.05, 0.1) is 0 Å². The molecule has 0 bridgehead atoms. The zero-order valence-electron chi connectivity index (χ0n) is 11.4. The van der Waals surface area contributed by atoms with Crippen molar-refractivity contribution in [3.05, 3.63) is 0 Å². The molecular weight excluding hydrogens is 202 g/mol. The highest BCUT2D eigenvalue weighted by atomic mass is 16.6. The maximum absolute atomic E-state index is 11.8. The first-order valence-electron chi connectivity index (χ1n) is 6.16. The van der Waals surface area contributed by atoms with Crippen molar-refractivity contribution >= 4 is 6.09 Å². The summed E-state index contributed by atoms with van der Waals surface area (Å²) in [4.78, 5) is 13.5. The number of amides is 1. The summed E-state index contributed by atoms with van der Waals surface area (Å²) in [6.45, 7) is 10.2. The molecule has 1 amide bonds. The lowest BCUT2D eigenvalue weighted by molar-refractivity contribution is 0.00188. The standard InChI is InChI=1S/C13H25NO2/c1-9(2)10-7-11(8-10)14(6)12(15)16-13(3,4)5/h9-11H,7-8H2,1-6H3/t10-,11-. The van der Waals surface area contributed by atoms with E-state index in [-0.39, 0.29) is 6.09 Å². The van der Waals surface area contributed by atoms with Gasteiger partial charge >= 0.3 is 6.09 Å². The van der Waals surface area contributed by atoms with E-state index in [1.54, 1.807) is 4.90 Å². The molecule has 3 heteroatoms. The van der Waals surface area contributed by atoms with Gasteiger partial charge in [0.2, 0.25) is 0 Å². The van der Waals surface area contributed by atoms with E-state index in [1.165, 1.54) is 0 Å². The third-order valence-corrected chi connectivity index (χ3v) is 3.32. The van der Waals surface area contributed by atoms with Crippen LogP contribution in [0.5, 0.6) is 0 Å². The molecule has 94 valence electrons. The predicted octanol–water partition coefficient (Wildman–Crippen LogP) is 3.29. The maximum atomic E-state index is 11.8. The van der Waals surface area contributed by atoms with Crippen molar-refractivity contribution in [3.8, 4) is 0 Å². The lowest BCUT2D eigenvalue weighted by Crippen LogP contribution is -2.48. The normalized spacial score (nSPS) is 25.2. The molecular formula is C13H25NO2. The molecule has 0 aromatic heterocycles. The Morgan fingerprint density at radius 1 is 1.31 bits per heavy atom. The predicted molar refractivity (Wildman–Crippen MR) is 65.3 cm³/mol. The summed E-state index contributed by atoms with van der Waals surface area (Å²) in [5.74, 6) is 1.50. The Morgan fingerprint density at radius 2 is 1.81 bits per heavy atom. The van der Waals surface area contributed by atoms with E-state index >= 15 is 0 Å². The molecule has 0 aromatic carbocycles. The van der Waals surface area contributed by atoms with Crippen molar-refractivity contribution in [2.45, 2.75) is 59.1 Å². The molecule has 0 radical (unpaired) electrons. The van der Waals surface area contributed by atoms with Gasteiger partial charge < -0.3 is 9.64 Å². The Labute approximate surface area is 99.1 Å². The molecule has 0 saturated heterocycles. The zero-order chi connectivity index (χ0) is 12.5. The highest BCUT2D eigenvalue weighted by Gasteiger charge is 2.36. The quantitative estimate of drug-likeness (QED) is 0.724. The van der Waals surface area contributed by atoms with Crippen LogP contribution in [0.1, 0.15) is 47.5 Å². The van der Waals surface area contributed by atoms with Gasteiger partial charge in [-0.25, -0.2) is 4.79 Å². The van der Waals surface area contributed by atoms with Crippen molar-refractivity contribution in [1.82, 2.24) is 4.90 Å². The number of hydrogen-bond donors (Lipinski definition) is 0. The smallest absolute Gasteiger partial charge is 0.410 e. The number of hydrogen-bond acceptors (Lipinski definition) is 2. The monoisotopic (exact) mass is 227 g/mol. The van der Waals surface area contributed by atoms with E-state index in [2.05, 4.69) is 13.8 Å². The number of ether oxygens (including phenoxy) is 1. The first kappa shape index (κ1) is 13.3. The summed E-state index contributed by atoms with van der Waals surface area (Å²) in [7, 11) is 1.84. The summed E-state index contributed by atoms with van der Waals surface area (Å²) in [5, 5.41) is 0. The van der Waals surface area contributed by atoms with Crippen LogP contribution in [0.4, 0.5) is 4.79 Å². The van der Waals surface area contributed by atoms with Crippen LogP contribution < -0.4 is 0 Å². The summed E-state index contributed by atoms with van der Waals surface area (Å²) >= 11 is 0. The van der Waals surface area contributed by atoms with Crippen LogP contribution in [0.15, 0.2) is 0 Å². The lowest BCUT2D eigenvalue weighted by atomic mass is 9.73. The molecule has 0 aromatic rings. The van der Waals surface area contributed by atoms with Crippen molar-refractivity contribution in [1.29, 1.82) is 0 Å². The van der Waals surface area contributed by atoms with Gasteiger partial charge in [-0.2, -0.15) is 0 Å². The molecule has 0 aliphatic heterocycles. The number of carbonyl (C=O) groups is 1. The Balaban J connectivity index is 2.37. The van der Waals surface area contributed by atoms with Crippen LogP contribution in [0, 0.1) is 11.8 Å². The number of nitrogens with zero attached hydrogens (tertiary/aromatic N) is 1. The Morgan fingerprint density at radius 3 is 2.19 bits per heavy atom. The van der Waals surface area contributed by atoms with Crippen molar-refractivity contribution in [3.63, 3.8) is 0 Å². The van der Waals surface area contributed by atoms with Crippen molar-refractivity contribution in [2.24, 2.45) is 11.8 Å². The molecule has 0 N–H and O–H groups in total. The van der Waals surface area contributed by atoms with Gasteiger partial charge in [0.15, 0.2) is 0 Å². The molecule has 1 aliphatic rings. The van der Waals surface area contributed by atoms with Crippen LogP contribution in [-0.4, -0.2) is 29.7 Å². The minimum Gasteiger partial charge on any atom is -0.444 e. The lowest BCUT2D eigenvalue weighted by Gasteiger charge is -2.43. The molecule has 0 spiro atoms. The van der Waals surface area contributed by atoms with Crippen LogP contribution in [0.2, 0.25) is 0 Å². The fraction of sp³-hybridized carbons (Fsp3) is 0.923. The minimum atomic E-state index is -0.396. The van der Waals surface area contributed by atoms with E-state index in [1.807, 2.05) is 27.8 Å². The first-order chi connectivity index (χ1) is 7.20. The summed E-state index contributed by atoms with van der Waals surface area (Å²) in [5.41, 5.74) is -0.396. The molecule has 1 aliphatic carbocycles. The zero-order valence-corrected chi connectivity index (χ0v) is 11.4. The summed E-state index contributed by atoms with van der Waals surface area (Å²) in [6, 6.07) is 0.377. The topological polar surface area (TPSA) is 29.5 Å². The van der Waals surface area contributed by atoms with E-state index in [9.17, 15) is 4.79 Å². The average Bonchev–Trinajstić information content (AvgIpc) is 1.96. The van der Waals surface area contributed by atoms with Gasteiger partial charge in [-0.3, -0.25) is 0 Å². The van der Waals surface area contributed by atoms with E-state index in [4.69, 9.17) is 4.74 Å². The molecule has 1 fully saturated rings. The third kappa shape index (κ3) is 3.39. The number of carbonyl (C=O) groups excluding carboxylic acids is 1. The van der Waals surface area contributed by atoms with Crippen LogP contribution in [0.25, 0.3) is 0 Å². The SMILES string of the molecule is CC(C)[C@H]1C[C@H](N(C)C(=O)OC(C)(C)C)C1.